The van der Waals surface area contributed by atoms with Gasteiger partial charge in [-0.25, -0.2) is 4.39 Å². The maximum atomic E-state index is 13.4. The lowest BCUT2D eigenvalue weighted by molar-refractivity contribution is -0.118. The van der Waals surface area contributed by atoms with Gasteiger partial charge in [0, 0.05) is 11.7 Å². The number of amides is 1. The summed E-state index contributed by atoms with van der Waals surface area (Å²) in [6.07, 6.45) is 7.35. The Hall–Kier alpha value is -1.46. The molecular formula is C20H30FN3O. The van der Waals surface area contributed by atoms with Gasteiger partial charge < -0.3 is 16.0 Å². The monoisotopic (exact) mass is 347 g/mol. The fourth-order valence-electron chi connectivity index (χ4n) is 4.25. The molecule has 1 aromatic carbocycles. The highest BCUT2D eigenvalue weighted by atomic mass is 19.1. The number of carbonyl (C=O) groups excluding carboxylic acids is 1. The van der Waals surface area contributed by atoms with E-state index in [1.165, 1.54) is 37.8 Å². The van der Waals surface area contributed by atoms with Crippen molar-refractivity contribution in [3.05, 3.63) is 29.6 Å². The van der Waals surface area contributed by atoms with Crippen molar-refractivity contribution in [2.45, 2.75) is 64.5 Å². The van der Waals surface area contributed by atoms with E-state index < -0.39 is 0 Å². The number of piperidine rings is 1. The van der Waals surface area contributed by atoms with Crippen molar-refractivity contribution in [3.8, 4) is 0 Å². The van der Waals surface area contributed by atoms with Gasteiger partial charge in [0.2, 0.25) is 5.91 Å². The number of hydrogen-bond donors (Lipinski definition) is 3. The highest BCUT2D eigenvalue weighted by Gasteiger charge is 2.36. The molecule has 1 heterocycles. The van der Waals surface area contributed by atoms with E-state index in [0.29, 0.717) is 17.1 Å². The molecule has 1 saturated carbocycles. The van der Waals surface area contributed by atoms with Crippen LogP contribution in [0.2, 0.25) is 0 Å². The zero-order valence-corrected chi connectivity index (χ0v) is 15.3. The van der Waals surface area contributed by atoms with Crippen LogP contribution >= 0.6 is 0 Å². The van der Waals surface area contributed by atoms with Gasteiger partial charge in [-0.05, 0) is 88.6 Å². The van der Waals surface area contributed by atoms with Gasteiger partial charge in [0.05, 0.1) is 6.04 Å². The number of aryl methyl sites for hydroxylation is 1. The van der Waals surface area contributed by atoms with E-state index in [2.05, 4.69) is 16.0 Å². The van der Waals surface area contributed by atoms with Crippen LogP contribution in [0.4, 0.5) is 10.1 Å². The summed E-state index contributed by atoms with van der Waals surface area (Å²) in [6.45, 7) is 6.04. The Morgan fingerprint density at radius 2 is 1.92 bits per heavy atom. The summed E-state index contributed by atoms with van der Waals surface area (Å²) in [4.78, 5) is 12.4. The summed E-state index contributed by atoms with van der Waals surface area (Å²) in [5.74, 6) is -0.433. The second kappa shape index (κ2) is 7.83. The normalized spacial score (nSPS) is 21.9. The van der Waals surface area contributed by atoms with Gasteiger partial charge in [-0.15, -0.1) is 0 Å². The van der Waals surface area contributed by atoms with Crippen molar-refractivity contribution in [1.82, 2.24) is 10.6 Å². The van der Waals surface area contributed by atoms with Gasteiger partial charge in [-0.2, -0.15) is 0 Å². The molecule has 1 amide bonds. The first-order valence-corrected chi connectivity index (χ1v) is 9.51. The smallest absolute Gasteiger partial charge is 0.241 e. The fourth-order valence-corrected chi connectivity index (χ4v) is 4.25. The van der Waals surface area contributed by atoms with Gasteiger partial charge in [0.15, 0.2) is 0 Å². The summed E-state index contributed by atoms with van der Waals surface area (Å²) in [6, 6.07) is 4.58. The average molecular weight is 347 g/mol. The molecule has 3 N–H and O–H groups in total. The number of benzene rings is 1. The Bertz CT molecular complexity index is 603. The van der Waals surface area contributed by atoms with Crippen molar-refractivity contribution in [2.75, 3.05) is 18.4 Å². The molecule has 0 radical (unpaired) electrons. The van der Waals surface area contributed by atoms with Crippen LogP contribution in [0.1, 0.15) is 51.0 Å². The third-order valence-corrected chi connectivity index (χ3v) is 6.05. The van der Waals surface area contributed by atoms with Crippen LogP contribution in [0.5, 0.6) is 0 Å². The lowest BCUT2D eigenvalue weighted by Crippen LogP contribution is -2.48. The lowest BCUT2D eigenvalue weighted by Gasteiger charge is -2.43. The van der Waals surface area contributed by atoms with Crippen molar-refractivity contribution in [1.29, 1.82) is 0 Å². The summed E-state index contributed by atoms with van der Waals surface area (Å²) in [5, 5.41) is 9.77. The van der Waals surface area contributed by atoms with Crippen LogP contribution in [-0.4, -0.2) is 31.1 Å². The van der Waals surface area contributed by atoms with E-state index >= 15 is 0 Å². The molecule has 4 nitrogen and oxygen atoms in total. The maximum absolute atomic E-state index is 13.4. The molecule has 3 rings (SSSR count). The standard InChI is InChI=1S/C20H30FN3O/c1-14-3-4-16(21)13-18(14)24-19(25)15(2)23-17-5-7-20(8-6-17)9-11-22-12-10-20/h3-4,13,15,17,22-23H,5-12H2,1-2H3,(H,24,25)/t15-/m0/s1. The molecular weight excluding hydrogens is 317 g/mol. The Morgan fingerprint density at radius 1 is 1.24 bits per heavy atom. The summed E-state index contributed by atoms with van der Waals surface area (Å²) in [7, 11) is 0. The quantitative estimate of drug-likeness (QED) is 0.783. The number of carbonyl (C=O) groups is 1. The van der Waals surface area contributed by atoms with Gasteiger partial charge in [-0.1, -0.05) is 6.07 Å². The van der Waals surface area contributed by atoms with Gasteiger partial charge in [0.25, 0.3) is 0 Å². The van der Waals surface area contributed by atoms with Gasteiger partial charge in [-0.3, -0.25) is 4.79 Å². The van der Waals surface area contributed by atoms with E-state index in [-0.39, 0.29) is 17.8 Å². The van der Waals surface area contributed by atoms with Crippen molar-refractivity contribution in [3.63, 3.8) is 0 Å². The third-order valence-electron chi connectivity index (χ3n) is 6.05. The molecule has 2 fully saturated rings. The van der Waals surface area contributed by atoms with E-state index in [1.54, 1.807) is 6.07 Å². The van der Waals surface area contributed by atoms with E-state index in [9.17, 15) is 9.18 Å². The molecule has 1 atom stereocenters. The number of rotatable bonds is 4. The van der Waals surface area contributed by atoms with Crippen molar-refractivity contribution in [2.24, 2.45) is 5.41 Å². The van der Waals surface area contributed by atoms with Crippen LogP contribution in [0, 0.1) is 18.2 Å². The first-order chi connectivity index (χ1) is 12.0. The summed E-state index contributed by atoms with van der Waals surface area (Å²) >= 11 is 0. The zero-order valence-electron chi connectivity index (χ0n) is 15.3. The number of halogens is 1. The first-order valence-electron chi connectivity index (χ1n) is 9.51. The van der Waals surface area contributed by atoms with Crippen LogP contribution in [-0.2, 0) is 4.79 Å². The van der Waals surface area contributed by atoms with Crippen LogP contribution < -0.4 is 16.0 Å². The molecule has 0 aromatic heterocycles. The largest absolute Gasteiger partial charge is 0.324 e. The number of hydrogen-bond acceptors (Lipinski definition) is 3. The van der Waals surface area contributed by atoms with E-state index in [0.717, 1.165) is 31.5 Å². The maximum Gasteiger partial charge on any atom is 0.241 e. The minimum Gasteiger partial charge on any atom is -0.324 e. The molecule has 1 saturated heterocycles. The van der Waals surface area contributed by atoms with Crippen LogP contribution in [0.15, 0.2) is 18.2 Å². The summed E-state index contributed by atoms with van der Waals surface area (Å²) in [5.41, 5.74) is 1.96. The molecule has 5 heteroatoms. The molecule has 138 valence electrons. The molecule has 25 heavy (non-hydrogen) atoms. The molecule has 0 unspecified atom stereocenters. The van der Waals surface area contributed by atoms with Crippen molar-refractivity contribution >= 4 is 11.6 Å². The molecule has 1 aliphatic carbocycles. The minimum absolute atomic E-state index is 0.101. The minimum atomic E-state index is -0.332. The predicted molar refractivity (Wildman–Crippen MR) is 99.2 cm³/mol. The fraction of sp³-hybridized carbons (Fsp3) is 0.650. The number of anilines is 1. The highest BCUT2D eigenvalue weighted by molar-refractivity contribution is 5.95. The van der Waals surface area contributed by atoms with Gasteiger partial charge in [0.1, 0.15) is 5.82 Å². The molecule has 1 spiro atoms. The predicted octanol–water partition coefficient (Wildman–Crippen LogP) is 3.36. The molecule has 1 aliphatic heterocycles. The number of nitrogens with one attached hydrogen (secondary N) is 3. The SMILES string of the molecule is Cc1ccc(F)cc1NC(=O)[C@H](C)NC1CCC2(CCNCC2)CC1. The van der Waals surface area contributed by atoms with E-state index in [4.69, 9.17) is 0 Å². The second-order valence-electron chi connectivity index (χ2n) is 7.86. The summed E-state index contributed by atoms with van der Waals surface area (Å²) < 4.78 is 13.4. The Kier molecular flexibility index (Phi) is 5.74. The molecule has 2 aliphatic rings. The zero-order chi connectivity index (χ0) is 17.9. The first kappa shape index (κ1) is 18.3. The van der Waals surface area contributed by atoms with Gasteiger partial charge >= 0.3 is 0 Å². The van der Waals surface area contributed by atoms with E-state index in [1.807, 2.05) is 13.8 Å². The Labute approximate surface area is 150 Å². The molecule has 0 bridgehead atoms. The van der Waals surface area contributed by atoms with Crippen LogP contribution in [0.3, 0.4) is 0 Å². The van der Waals surface area contributed by atoms with Crippen molar-refractivity contribution < 1.29 is 9.18 Å². The average Bonchev–Trinajstić information content (AvgIpc) is 2.61. The lowest BCUT2D eigenvalue weighted by atomic mass is 9.67. The molecule has 1 aromatic rings. The second-order valence-corrected chi connectivity index (χ2v) is 7.86. The Balaban J connectivity index is 1.49. The highest BCUT2D eigenvalue weighted by Crippen LogP contribution is 2.43. The van der Waals surface area contributed by atoms with Crippen LogP contribution in [0.25, 0.3) is 0 Å². The topological polar surface area (TPSA) is 53.2 Å². The third kappa shape index (κ3) is 4.59. The Morgan fingerprint density at radius 3 is 2.60 bits per heavy atom.